The number of hydrogen-bond donors (Lipinski definition) is 0. The van der Waals surface area contributed by atoms with Gasteiger partial charge in [0.05, 0.1) is 36.3 Å². The standard InChI is InChI=1S/C17H15ClN2O4S2/c1-23-14-5-3-4-13(16(14)24-2)17-20-12(9-25-17)10-26(21,22)15-7-6-11(18)8-19-15/h3-9H,10H2,1-2H3. The number of ether oxygens (including phenoxy) is 2. The smallest absolute Gasteiger partial charge is 0.201 e. The number of pyridine rings is 1. The van der Waals surface area contributed by atoms with Crippen LogP contribution in [0.1, 0.15) is 5.69 Å². The first kappa shape index (κ1) is 18.6. The fourth-order valence-electron chi connectivity index (χ4n) is 2.37. The Morgan fingerprint density at radius 3 is 2.62 bits per heavy atom. The Labute approximate surface area is 160 Å². The van der Waals surface area contributed by atoms with Crippen LogP contribution in [0.5, 0.6) is 11.5 Å². The summed E-state index contributed by atoms with van der Waals surface area (Å²) >= 11 is 7.09. The minimum Gasteiger partial charge on any atom is -0.493 e. The maximum absolute atomic E-state index is 12.5. The summed E-state index contributed by atoms with van der Waals surface area (Å²) in [5, 5.41) is 2.71. The molecule has 0 unspecified atom stereocenters. The Bertz CT molecular complexity index is 1020. The highest BCUT2D eigenvalue weighted by Crippen LogP contribution is 2.39. The van der Waals surface area contributed by atoms with Gasteiger partial charge in [-0.1, -0.05) is 17.7 Å². The topological polar surface area (TPSA) is 78.4 Å². The van der Waals surface area contributed by atoms with Crippen LogP contribution < -0.4 is 9.47 Å². The number of methoxy groups -OCH3 is 2. The van der Waals surface area contributed by atoms with Crippen molar-refractivity contribution >= 4 is 32.8 Å². The summed E-state index contributed by atoms with van der Waals surface area (Å²) < 4.78 is 35.7. The summed E-state index contributed by atoms with van der Waals surface area (Å²) in [5.74, 6) is 0.891. The summed E-state index contributed by atoms with van der Waals surface area (Å²) in [6.07, 6.45) is 1.31. The molecule has 0 amide bonds. The number of rotatable bonds is 6. The predicted molar refractivity (Wildman–Crippen MR) is 101 cm³/mol. The lowest BCUT2D eigenvalue weighted by Crippen LogP contribution is -2.07. The molecule has 2 aromatic heterocycles. The number of halogens is 1. The molecule has 0 radical (unpaired) electrons. The third kappa shape index (κ3) is 3.82. The zero-order valence-electron chi connectivity index (χ0n) is 14.0. The van der Waals surface area contributed by atoms with Gasteiger partial charge in [-0.05, 0) is 24.3 Å². The minimum atomic E-state index is -3.61. The van der Waals surface area contributed by atoms with Gasteiger partial charge in [-0.3, -0.25) is 0 Å². The zero-order valence-corrected chi connectivity index (χ0v) is 16.4. The van der Waals surface area contributed by atoms with Crippen LogP contribution in [-0.2, 0) is 15.6 Å². The number of para-hydroxylation sites is 1. The molecule has 0 fully saturated rings. The van der Waals surface area contributed by atoms with Gasteiger partial charge < -0.3 is 9.47 Å². The summed E-state index contributed by atoms with van der Waals surface area (Å²) in [6, 6.07) is 8.34. The van der Waals surface area contributed by atoms with E-state index < -0.39 is 9.84 Å². The third-order valence-electron chi connectivity index (χ3n) is 3.54. The van der Waals surface area contributed by atoms with Gasteiger partial charge in [0, 0.05) is 11.6 Å². The van der Waals surface area contributed by atoms with Crippen LogP contribution in [-0.4, -0.2) is 32.6 Å². The summed E-state index contributed by atoms with van der Waals surface area (Å²) in [7, 11) is -0.505. The molecule has 136 valence electrons. The molecule has 0 aliphatic heterocycles. The molecule has 3 aromatic rings. The molecule has 9 heteroatoms. The van der Waals surface area contributed by atoms with Crippen LogP contribution in [0.3, 0.4) is 0 Å². The summed E-state index contributed by atoms with van der Waals surface area (Å²) in [4.78, 5) is 8.32. The normalized spacial score (nSPS) is 11.3. The third-order valence-corrected chi connectivity index (χ3v) is 6.24. The first-order valence-corrected chi connectivity index (χ1v) is 10.4. The lowest BCUT2D eigenvalue weighted by Gasteiger charge is -2.10. The molecule has 0 atom stereocenters. The van der Waals surface area contributed by atoms with Crippen molar-refractivity contribution in [3.63, 3.8) is 0 Å². The van der Waals surface area contributed by atoms with Crippen molar-refractivity contribution in [2.24, 2.45) is 0 Å². The van der Waals surface area contributed by atoms with Crippen LogP contribution in [0.4, 0.5) is 0 Å². The molecule has 0 spiro atoms. The van der Waals surface area contributed by atoms with Crippen LogP contribution in [0.15, 0.2) is 46.9 Å². The number of sulfone groups is 1. The molecule has 0 N–H and O–H groups in total. The highest BCUT2D eigenvalue weighted by atomic mass is 35.5. The summed E-state index contributed by atoms with van der Waals surface area (Å²) in [6.45, 7) is 0. The lowest BCUT2D eigenvalue weighted by molar-refractivity contribution is 0.356. The van der Waals surface area contributed by atoms with Crippen LogP contribution in [0, 0.1) is 0 Å². The van der Waals surface area contributed by atoms with E-state index in [9.17, 15) is 8.42 Å². The molecule has 26 heavy (non-hydrogen) atoms. The van der Waals surface area contributed by atoms with Crippen molar-refractivity contribution in [3.05, 3.63) is 52.6 Å². The first-order chi connectivity index (χ1) is 12.4. The Hall–Kier alpha value is -2.16. The maximum Gasteiger partial charge on any atom is 0.201 e. The maximum atomic E-state index is 12.5. The van der Waals surface area contributed by atoms with E-state index in [0.717, 1.165) is 5.56 Å². The van der Waals surface area contributed by atoms with Crippen molar-refractivity contribution in [3.8, 4) is 22.1 Å². The highest BCUT2D eigenvalue weighted by Gasteiger charge is 2.20. The second-order valence-electron chi connectivity index (χ2n) is 5.26. The van der Waals surface area contributed by atoms with E-state index in [2.05, 4.69) is 9.97 Å². The fraction of sp³-hybridized carbons (Fsp3) is 0.176. The second kappa shape index (κ2) is 7.61. The molecule has 0 aliphatic carbocycles. The quantitative estimate of drug-likeness (QED) is 0.614. The SMILES string of the molecule is COc1cccc(-c2nc(CS(=O)(=O)c3ccc(Cl)cn3)cs2)c1OC. The largest absolute Gasteiger partial charge is 0.493 e. The molecule has 0 bridgehead atoms. The second-order valence-corrected chi connectivity index (χ2v) is 8.49. The number of thiazole rings is 1. The van der Waals surface area contributed by atoms with E-state index >= 15 is 0 Å². The van der Waals surface area contributed by atoms with E-state index in [0.29, 0.717) is 27.2 Å². The van der Waals surface area contributed by atoms with E-state index in [1.54, 1.807) is 25.7 Å². The fourth-order valence-corrected chi connectivity index (χ4v) is 4.60. The van der Waals surface area contributed by atoms with Gasteiger partial charge >= 0.3 is 0 Å². The van der Waals surface area contributed by atoms with Crippen LogP contribution in [0.25, 0.3) is 10.6 Å². The number of aromatic nitrogens is 2. The summed E-state index contributed by atoms with van der Waals surface area (Å²) in [5.41, 5.74) is 1.18. The Balaban J connectivity index is 1.90. The van der Waals surface area contributed by atoms with Crippen molar-refractivity contribution in [1.82, 2.24) is 9.97 Å². The lowest BCUT2D eigenvalue weighted by atomic mass is 10.2. The molecule has 3 rings (SSSR count). The van der Waals surface area contributed by atoms with Crippen molar-refractivity contribution in [1.29, 1.82) is 0 Å². The molecule has 2 heterocycles. The Morgan fingerprint density at radius 2 is 1.96 bits per heavy atom. The molecule has 6 nitrogen and oxygen atoms in total. The van der Waals surface area contributed by atoms with Gasteiger partial charge in [-0.2, -0.15) is 0 Å². The van der Waals surface area contributed by atoms with Gasteiger partial charge in [0.25, 0.3) is 0 Å². The molecular weight excluding hydrogens is 396 g/mol. The molecule has 0 saturated heterocycles. The molecular formula is C17H15ClN2O4S2. The van der Waals surface area contributed by atoms with Crippen molar-refractivity contribution in [2.75, 3.05) is 14.2 Å². The monoisotopic (exact) mass is 410 g/mol. The Kier molecular flexibility index (Phi) is 5.45. The van der Waals surface area contributed by atoms with Crippen molar-refractivity contribution < 1.29 is 17.9 Å². The van der Waals surface area contributed by atoms with Gasteiger partial charge in [-0.25, -0.2) is 18.4 Å². The highest BCUT2D eigenvalue weighted by molar-refractivity contribution is 7.90. The number of benzene rings is 1. The van der Waals surface area contributed by atoms with E-state index in [-0.39, 0.29) is 10.8 Å². The average Bonchev–Trinajstić information content (AvgIpc) is 3.08. The van der Waals surface area contributed by atoms with E-state index in [1.165, 1.54) is 29.7 Å². The number of nitrogens with zero attached hydrogens (tertiary/aromatic N) is 2. The zero-order chi connectivity index (χ0) is 18.7. The first-order valence-electron chi connectivity index (χ1n) is 7.44. The molecule has 0 aliphatic rings. The Morgan fingerprint density at radius 1 is 1.15 bits per heavy atom. The molecule has 1 aromatic carbocycles. The van der Waals surface area contributed by atoms with Gasteiger partial charge in [0.2, 0.25) is 9.84 Å². The number of hydrogen-bond acceptors (Lipinski definition) is 7. The van der Waals surface area contributed by atoms with E-state index in [4.69, 9.17) is 21.1 Å². The van der Waals surface area contributed by atoms with Crippen molar-refractivity contribution in [2.45, 2.75) is 10.8 Å². The average molecular weight is 411 g/mol. The van der Waals surface area contributed by atoms with Gasteiger partial charge in [-0.15, -0.1) is 11.3 Å². The predicted octanol–water partition coefficient (Wildman–Crippen LogP) is 3.85. The van der Waals surface area contributed by atoms with Gasteiger partial charge in [0.15, 0.2) is 16.5 Å². The van der Waals surface area contributed by atoms with E-state index in [1.807, 2.05) is 12.1 Å². The van der Waals surface area contributed by atoms with Gasteiger partial charge in [0.1, 0.15) is 5.01 Å². The van der Waals surface area contributed by atoms with Crippen LogP contribution in [0.2, 0.25) is 5.02 Å². The molecule has 0 saturated carbocycles. The minimum absolute atomic E-state index is 0.0320. The van der Waals surface area contributed by atoms with Crippen LogP contribution >= 0.6 is 22.9 Å².